The van der Waals surface area contributed by atoms with E-state index in [1.54, 1.807) is 0 Å². The summed E-state index contributed by atoms with van der Waals surface area (Å²) in [5, 5.41) is 12.7. The highest BCUT2D eigenvalue weighted by atomic mass is 16.3. The molecule has 1 aromatic carbocycles. The van der Waals surface area contributed by atoms with Crippen molar-refractivity contribution in [2.75, 3.05) is 33.3 Å². The Hall–Kier alpha value is -0.900. The fourth-order valence-corrected chi connectivity index (χ4v) is 3.00. The summed E-state index contributed by atoms with van der Waals surface area (Å²) < 4.78 is 0. The molecule has 1 aliphatic rings. The molecule has 1 saturated heterocycles. The van der Waals surface area contributed by atoms with Crippen LogP contribution in [-0.4, -0.2) is 48.8 Å². The normalized spacial score (nSPS) is 20.8. The summed E-state index contributed by atoms with van der Waals surface area (Å²) in [6.45, 7) is 5.50. The number of likely N-dealkylation sites (tertiary alicyclic amines) is 1. The van der Waals surface area contributed by atoms with Gasteiger partial charge in [-0.15, -0.1) is 0 Å². The van der Waals surface area contributed by atoms with E-state index in [-0.39, 0.29) is 12.1 Å². The van der Waals surface area contributed by atoms with Crippen LogP contribution < -0.4 is 5.32 Å². The SMILES string of the molecule is CNC(C)(CO)CN1CCC(Cc2ccccc2)CC1. The number of benzene rings is 1. The van der Waals surface area contributed by atoms with Gasteiger partial charge >= 0.3 is 0 Å². The molecule has 112 valence electrons. The molecule has 1 aromatic rings. The van der Waals surface area contributed by atoms with Gasteiger partial charge in [-0.25, -0.2) is 0 Å². The number of likely N-dealkylation sites (N-methyl/N-ethyl adjacent to an activating group) is 1. The first-order chi connectivity index (χ1) is 9.65. The number of aliphatic hydroxyl groups excluding tert-OH is 1. The van der Waals surface area contributed by atoms with Gasteiger partial charge in [-0.05, 0) is 57.8 Å². The molecule has 0 spiro atoms. The van der Waals surface area contributed by atoms with Crippen molar-refractivity contribution >= 4 is 0 Å². The molecular formula is C17H28N2O. The summed E-state index contributed by atoms with van der Waals surface area (Å²) in [5.74, 6) is 0.809. The second kappa shape index (κ2) is 7.21. The van der Waals surface area contributed by atoms with E-state index < -0.39 is 0 Å². The van der Waals surface area contributed by atoms with Crippen molar-refractivity contribution in [3.05, 3.63) is 35.9 Å². The Labute approximate surface area is 123 Å². The fourth-order valence-electron chi connectivity index (χ4n) is 3.00. The second-order valence-electron chi connectivity index (χ2n) is 6.38. The highest BCUT2D eigenvalue weighted by Crippen LogP contribution is 2.22. The van der Waals surface area contributed by atoms with Crippen LogP contribution in [0, 0.1) is 5.92 Å². The number of nitrogens with one attached hydrogen (secondary N) is 1. The van der Waals surface area contributed by atoms with Gasteiger partial charge in [0.2, 0.25) is 0 Å². The quantitative estimate of drug-likeness (QED) is 0.833. The van der Waals surface area contributed by atoms with E-state index in [0.717, 1.165) is 25.6 Å². The molecule has 1 fully saturated rings. The van der Waals surface area contributed by atoms with Crippen molar-refractivity contribution in [2.45, 2.75) is 31.7 Å². The summed E-state index contributed by atoms with van der Waals surface area (Å²) in [6, 6.07) is 10.8. The third kappa shape index (κ3) is 4.30. The van der Waals surface area contributed by atoms with Crippen LogP contribution in [0.15, 0.2) is 30.3 Å². The van der Waals surface area contributed by atoms with Crippen LogP contribution in [0.5, 0.6) is 0 Å². The van der Waals surface area contributed by atoms with Crippen molar-refractivity contribution in [1.29, 1.82) is 0 Å². The van der Waals surface area contributed by atoms with Crippen molar-refractivity contribution in [3.63, 3.8) is 0 Å². The Morgan fingerprint density at radius 1 is 1.25 bits per heavy atom. The van der Waals surface area contributed by atoms with E-state index >= 15 is 0 Å². The van der Waals surface area contributed by atoms with Gasteiger partial charge in [-0.2, -0.15) is 0 Å². The number of hydrogen-bond acceptors (Lipinski definition) is 3. The minimum atomic E-state index is -0.174. The fraction of sp³-hybridized carbons (Fsp3) is 0.647. The molecule has 3 nitrogen and oxygen atoms in total. The van der Waals surface area contributed by atoms with Crippen LogP contribution in [0.25, 0.3) is 0 Å². The topological polar surface area (TPSA) is 35.5 Å². The zero-order chi connectivity index (χ0) is 14.4. The molecule has 1 heterocycles. The number of rotatable bonds is 6. The van der Waals surface area contributed by atoms with Crippen molar-refractivity contribution in [3.8, 4) is 0 Å². The molecule has 1 atom stereocenters. The predicted molar refractivity (Wildman–Crippen MR) is 83.9 cm³/mol. The third-order valence-electron chi connectivity index (χ3n) is 4.60. The van der Waals surface area contributed by atoms with E-state index in [2.05, 4.69) is 47.5 Å². The van der Waals surface area contributed by atoms with E-state index in [4.69, 9.17) is 0 Å². The first-order valence-corrected chi connectivity index (χ1v) is 7.71. The molecule has 0 bridgehead atoms. The molecule has 20 heavy (non-hydrogen) atoms. The molecule has 2 rings (SSSR count). The lowest BCUT2D eigenvalue weighted by Crippen LogP contribution is -2.54. The molecule has 0 radical (unpaired) electrons. The van der Waals surface area contributed by atoms with Gasteiger partial charge in [0.15, 0.2) is 0 Å². The van der Waals surface area contributed by atoms with E-state index in [0.29, 0.717) is 0 Å². The van der Waals surface area contributed by atoms with E-state index in [9.17, 15) is 5.11 Å². The molecule has 1 aliphatic heterocycles. The average molecular weight is 276 g/mol. The molecule has 3 heteroatoms. The van der Waals surface area contributed by atoms with Gasteiger partial charge in [0.05, 0.1) is 12.1 Å². The maximum Gasteiger partial charge on any atom is 0.0623 e. The van der Waals surface area contributed by atoms with Gasteiger partial charge in [0.1, 0.15) is 0 Å². The minimum absolute atomic E-state index is 0.174. The number of hydrogen-bond donors (Lipinski definition) is 2. The Balaban J connectivity index is 1.78. The van der Waals surface area contributed by atoms with Gasteiger partial charge < -0.3 is 15.3 Å². The lowest BCUT2D eigenvalue weighted by molar-refractivity contribution is 0.101. The monoisotopic (exact) mass is 276 g/mol. The summed E-state index contributed by atoms with van der Waals surface area (Å²) >= 11 is 0. The maximum atomic E-state index is 9.47. The summed E-state index contributed by atoms with van der Waals surface area (Å²) in [5.41, 5.74) is 1.29. The minimum Gasteiger partial charge on any atom is -0.394 e. The molecular weight excluding hydrogens is 248 g/mol. The van der Waals surface area contributed by atoms with Crippen molar-refractivity contribution in [1.82, 2.24) is 10.2 Å². The van der Waals surface area contributed by atoms with Crippen LogP contribution in [0.4, 0.5) is 0 Å². The van der Waals surface area contributed by atoms with Crippen molar-refractivity contribution in [2.24, 2.45) is 5.92 Å². The molecule has 0 amide bonds. The van der Waals surface area contributed by atoms with Crippen LogP contribution >= 0.6 is 0 Å². The highest BCUT2D eigenvalue weighted by molar-refractivity contribution is 5.15. The molecule has 1 unspecified atom stereocenters. The zero-order valence-corrected chi connectivity index (χ0v) is 12.8. The Bertz CT molecular complexity index is 381. The average Bonchev–Trinajstić information content (AvgIpc) is 2.50. The van der Waals surface area contributed by atoms with Gasteiger partial charge in [-0.1, -0.05) is 30.3 Å². The van der Waals surface area contributed by atoms with Gasteiger partial charge in [-0.3, -0.25) is 0 Å². The Morgan fingerprint density at radius 2 is 1.90 bits per heavy atom. The maximum absolute atomic E-state index is 9.47. The van der Waals surface area contributed by atoms with E-state index in [1.165, 1.54) is 24.8 Å². The molecule has 0 aliphatic carbocycles. The number of piperidine rings is 1. The molecule has 0 aromatic heterocycles. The highest BCUT2D eigenvalue weighted by Gasteiger charge is 2.27. The van der Waals surface area contributed by atoms with Crippen LogP contribution in [0.3, 0.4) is 0 Å². The summed E-state index contributed by atoms with van der Waals surface area (Å²) in [6.07, 6.45) is 3.73. The summed E-state index contributed by atoms with van der Waals surface area (Å²) in [7, 11) is 1.93. The standard InChI is InChI=1S/C17H28N2O/c1-17(14-20,18-2)13-19-10-8-16(9-11-19)12-15-6-4-3-5-7-15/h3-7,16,18,20H,8-14H2,1-2H3. The Morgan fingerprint density at radius 3 is 2.45 bits per heavy atom. The van der Waals surface area contributed by atoms with Gasteiger partial charge in [0.25, 0.3) is 0 Å². The van der Waals surface area contributed by atoms with Crippen LogP contribution in [-0.2, 0) is 6.42 Å². The van der Waals surface area contributed by atoms with Crippen molar-refractivity contribution < 1.29 is 5.11 Å². The Kier molecular flexibility index (Phi) is 5.58. The molecule has 0 saturated carbocycles. The smallest absolute Gasteiger partial charge is 0.0623 e. The first kappa shape index (κ1) is 15.5. The van der Waals surface area contributed by atoms with Gasteiger partial charge in [0, 0.05) is 6.54 Å². The summed E-state index contributed by atoms with van der Waals surface area (Å²) in [4.78, 5) is 2.48. The number of aliphatic hydroxyl groups is 1. The second-order valence-corrected chi connectivity index (χ2v) is 6.38. The van der Waals surface area contributed by atoms with Crippen LogP contribution in [0.2, 0.25) is 0 Å². The molecule has 2 N–H and O–H groups in total. The third-order valence-corrected chi connectivity index (χ3v) is 4.60. The first-order valence-electron chi connectivity index (χ1n) is 7.71. The predicted octanol–water partition coefficient (Wildman–Crippen LogP) is 1.91. The zero-order valence-electron chi connectivity index (χ0n) is 12.8. The number of nitrogens with zero attached hydrogens (tertiary/aromatic N) is 1. The lowest BCUT2D eigenvalue weighted by atomic mass is 9.89. The lowest BCUT2D eigenvalue weighted by Gasteiger charge is -2.38. The van der Waals surface area contributed by atoms with E-state index in [1.807, 2.05) is 7.05 Å². The van der Waals surface area contributed by atoms with Crippen LogP contribution in [0.1, 0.15) is 25.3 Å². The largest absolute Gasteiger partial charge is 0.394 e.